The number of hydrogen-bond acceptors (Lipinski definition) is 6. The Labute approximate surface area is 143 Å². The largest absolute Gasteiger partial charge is 0.504 e. The van der Waals surface area contributed by atoms with E-state index >= 15 is 0 Å². The summed E-state index contributed by atoms with van der Waals surface area (Å²) in [6.45, 7) is 0. The third-order valence-corrected chi connectivity index (χ3v) is 5.05. The van der Waals surface area contributed by atoms with E-state index in [0.717, 1.165) is 12.1 Å². The van der Waals surface area contributed by atoms with Crippen LogP contribution < -0.4 is 4.74 Å². The first-order valence-corrected chi connectivity index (χ1v) is 8.38. The number of methoxy groups -OCH3 is 1. The third-order valence-electron chi connectivity index (χ3n) is 3.12. The molecule has 0 heterocycles. The number of allylic oxidation sites excluding steroid dienone is 1. The van der Waals surface area contributed by atoms with Gasteiger partial charge in [0.05, 0.1) is 12.0 Å². The van der Waals surface area contributed by atoms with Crippen LogP contribution in [0.15, 0.2) is 46.2 Å². The first-order valence-electron chi connectivity index (χ1n) is 6.52. The predicted octanol–water partition coefficient (Wildman–Crippen LogP) is 3.10. The molecule has 0 aliphatic rings. The molecule has 0 fully saturated rings. The Hall–Kier alpha value is -2.69. The molecule has 0 aromatic heterocycles. The van der Waals surface area contributed by atoms with Gasteiger partial charge in [0.15, 0.2) is 11.5 Å². The number of rotatable bonds is 4. The highest BCUT2D eigenvalue weighted by molar-refractivity contribution is 7.95. The molecular formula is C16H12ClNO5S. The van der Waals surface area contributed by atoms with Crippen LogP contribution in [0.2, 0.25) is 5.02 Å². The molecule has 0 spiro atoms. The summed E-state index contributed by atoms with van der Waals surface area (Å²) in [7, 11) is -2.78. The van der Waals surface area contributed by atoms with E-state index in [1.807, 2.05) is 0 Å². The minimum absolute atomic E-state index is 0.0533. The highest BCUT2D eigenvalue weighted by atomic mass is 35.5. The minimum atomic E-state index is -4.05. The summed E-state index contributed by atoms with van der Waals surface area (Å²) in [5.74, 6) is -1.03. The van der Waals surface area contributed by atoms with E-state index in [0.29, 0.717) is 5.02 Å². The lowest BCUT2D eigenvalue weighted by Crippen LogP contribution is -2.03. The van der Waals surface area contributed by atoms with Crippen molar-refractivity contribution in [3.8, 4) is 23.3 Å². The monoisotopic (exact) mass is 365 g/mol. The van der Waals surface area contributed by atoms with Gasteiger partial charge in [-0.15, -0.1) is 0 Å². The van der Waals surface area contributed by atoms with Crippen LogP contribution in [0.3, 0.4) is 0 Å². The van der Waals surface area contributed by atoms with E-state index in [4.69, 9.17) is 16.3 Å². The number of phenols is 2. The molecule has 0 amide bonds. The van der Waals surface area contributed by atoms with Crippen LogP contribution in [0.5, 0.6) is 17.2 Å². The predicted molar refractivity (Wildman–Crippen MR) is 88.6 cm³/mol. The maximum absolute atomic E-state index is 12.5. The summed E-state index contributed by atoms with van der Waals surface area (Å²) >= 11 is 5.73. The summed E-state index contributed by atoms with van der Waals surface area (Å²) in [4.78, 5) is -0.619. The molecule has 0 bridgehead atoms. The Kier molecular flexibility index (Phi) is 5.02. The van der Waals surface area contributed by atoms with Crippen molar-refractivity contribution >= 4 is 27.5 Å². The zero-order chi connectivity index (χ0) is 17.9. The van der Waals surface area contributed by atoms with Gasteiger partial charge in [-0.1, -0.05) is 11.6 Å². The maximum atomic E-state index is 12.5. The van der Waals surface area contributed by atoms with Crippen molar-refractivity contribution in [2.75, 3.05) is 7.11 Å². The molecule has 0 unspecified atom stereocenters. The number of sulfone groups is 1. The molecule has 0 aliphatic heterocycles. The fraction of sp³-hybridized carbons (Fsp3) is 0.0625. The van der Waals surface area contributed by atoms with E-state index in [1.54, 1.807) is 6.07 Å². The summed E-state index contributed by atoms with van der Waals surface area (Å²) in [5, 5.41) is 28.8. The number of ether oxygens (including phenoxy) is 1. The molecule has 0 saturated heterocycles. The molecule has 124 valence electrons. The Morgan fingerprint density at radius 1 is 1.25 bits per heavy atom. The number of phenolic OH excluding ortho intramolecular Hbond substituents is 2. The second kappa shape index (κ2) is 6.83. The molecule has 24 heavy (non-hydrogen) atoms. The average Bonchev–Trinajstić information content (AvgIpc) is 2.55. The van der Waals surface area contributed by atoms with Gasteiger partial charge in [0.25, 0.3) is 0 Å². The normalized spacial score (nSPS) is 11.8. The zero-order valence-electron chi connectivity index (χ0n) is 12.4. The van der Waals surface area contributed by atoms with E-state index in [1.165, 1.54) is 37.4 Å². The van der Waals surface area contributed by atoms with Crippen LogP contribution in [-0.2, 0) is 9.84 Å². The smallest absolute Gasteiger partial charge is 0.216 e. The van der Waals surface area contributed by atoms with E-state index in [2.05, 4.69) is 0 Å². The topological polar surface area (TPSA) is 108 Å². The van der Waals surface area contributed by atoms with Crippen LogP contribution in [0.4, 0.5) is 0 Å². The van der Waals surface area contributed by atoms with Crippen molar-refractivity contribution in [1.29, 1.82) is 5.26 Å². The van der Waals surface area contributed by atoms with Gasteiger partial charge in [0, 0.05) is 5.02 Å². The third kappa shape index (κ3) is 3.45. The van der Waals surface area contributed by atoms with E-state index < -0.39 is 26.2 Å². The van der Waals surface area contributed by atoms with Crippen molar-refractivity contribution in [3.05, 3.63) is 51.9 Å². The Morgan fingerprint density at radius 3 is 2.42 bits per heavy atom. The summed E-state index contributed by atoms with van der Waals surface area (Å²) < 4.78 is 29.9. The fourth-order valence-electron chi connectivity index (χ4n) is 1.91. The summed E-state index contributed by atoms with van der Waals surface area (Å²) in [6, 6.07) is 9.43. The molecule has 0 radical (unpaired) electrons. The van der Waals surface area contributed by atoms with Crippen molar-refractivity contribution in [2.45, 2.75) is 4.90 Å². The second-order valence-corrected chi connectivity index (χ2v) is 7.02. The molecule has 0 atom stereocenters. The molecule has 2 aromatic carbocycles. The molecule has 0 aliphatic carbocycles. The van der Waals surface area contributed by atoms with Crippen LogP contribution in [-0.4, -0.2) is 25.7 Å². The molecule has 8 heteroatoms. The van der Waals surface area contributed by atoms with Crippen LogP contribution >= 0.6 is 11.6 Å². The number of halogens is 1. The fourth-order valence-corrected chi connectivity index (χ4v) is 3.20. The number of aromatic hydroxyl groups is 2. The quantitative estimate of drug-likeness (QED) is 0.636. The minimum Gasteiger partial charge on any atom is -0.504 e. The lowest BCUT2D eigenvalue weighted by atomic mass is 10.1. The first-order chi connectivity index (χ1) is 11.3. The Balaban J connectivity index is 2.56. The van der Waals surface area contributed by atoms with Crippen molar-refractivity contribution in [3.63, 3.8) is 0 Å². The lowest BCUT2D eigenvalue weighted by molar-refractivity contribution is 0.351. The van der Waals surface area contributed by atoms with E-state index in [9.17, 15) is 23.9 Å². The molecule has 2 rings (SSSR count). The molecule has 2 N–H and O–H groups in total. The van der Waals surface area contributed by atoms with Crippen molar-refractivity contribution in [1.82, 2.24) is 0 Å². The molecule has 0 saturated carbocycles. The lowest BCUT2D eigenvalue weighted by Gasteiger charge is -2.07. The van der Waals surface area contributed by atoms with Crippen molar-refractivity contribution < 1.29 is 23.4 Å². The van der Waals surface area contributed by atoms with Gasteiger partial charge >= 0.3 is 0 Å². The number of nitrogens with zero attached hydrogens (tertiary/aromatic N) is 1. The summed E-state index contributed by atoms with van der Waals surface area (Å²) in [5.41, 5.74) is 0.177. The molecule has 6 nitrogen and oxygen atoms in total. The average molecular weight is 366 g/mol. The van der Waals surface area contributed by atoms with Gasteiger partial charge in [-0.3, -0.25) is 0 Å². The number of hydrogen-bond donors (Lipinski definition) is 2. The molecule has 2 aromatic rings. The van der Waals surface area contributed by atoms with Gasteiger partial charge in [-0.25, -0.2) is 8.42 Å². The number of benzene rings is 2. The number of nitriles is 1. The van der Waals surface area contributed by atoms with Crippen LogP contribution in [0, 0.1) is 11.3 Å². The molecular weight excluding hydrogens is 354 g/mol. The highest BCUT2D eigenvalue weighted by Gasteiger charge is 2.21. The van der Waals surface area contributed by atoms with Gasteiger partial charge in [-0.2, -0.15) is 5.26 Å². The van der Waals surface area contributed by atoms with Crippen LogP contribution in [0.1, 0.15) is 5.56 Å². The Bertz CT molecular complexity index is 944. The van der Waals surface area contributed by atoms with Gasteiger partial charge in [0.1, 0.15) is 11.0 Å². The SMILES string of the molecule is COc1cc(C=C(C#N)S(=O)(=O)c2ccc(Cl)cc2)cc(O)c1O. The van der Waals surface area contributed by atoms with E-state index in [-0.39, 0.29) is 16.2 Å². The first kappa shape index (κ1) is 17.7. The second-order valence-electron chi connectivity index (χ2n) is 4.67. The Morgan fingerprint density at radius 2 is 1.88 bits per heavy atom. The maximum Gasteiger partial charge on any atom is 0.216 e. The van der Waals surface area contributed by atoms with Gasteiger partial charge < -0.3 is 14.9 Å². The van der Waals surface area contributed by atoms with Gasteiger partial charge in [-0.05, 0) is 48.0 Å². The zero-order valence-corrected chi connectivity index (χ0v) is 14.0. The standard InChI is InChI=1S/C16H12ClNO5S/c1-23-15-8-10(7-14(19)16(15)20)6-13(9-18)24(21,22)12-4-2-11(17)3-5-12/h2-8,19-20H,1H3. The van der Waals surface area contributed by atoms with Crippen LogP contribution in [0.25, 0.3) is 6.08 Å². The van der Waals surface area contributed by atoms with Crippen molar-refractivity contribution in [2.24, 2.45) is 0 Å². The highest BCUT2D eigenvalue weighted by Crippen LogP contribution is 2.37. The summed E-state index contributed by atoms with van der Waals surface area (Å²) in [6.07, 6.45) is 1.08. The van der Waals surface area contributed by atoms with Gasteiger partial charge in [0.2, 0.25) is 15.6 Å².